The van der Waals surface area contributed by atoms with Gasteiger partial charge in [-0.05, 0) is 25.5 Å². The van der Waals surface area contributed by atoms with E-state index in [1.54, 1.807) is 0 Å². The molecule has 1 saturated heterocycles. The molecular weight excluding hydrogens is 224 g/mol. The third-order valence-electron chi connectivity index (χ3n) is 3.56. The maximum Gasteiger partial charge on any atom is 0.164 e. The number of Topliss-reactive ketones (excluding diaryl/α,β-unsaturated/α-hetero) is 1. The van der Waals surface area contributed by atoms with Crippen molar-refractivity contribution in [2.45, 2.75) is 20.3 Å². The summed E-state index contributed by atoms with van der Waals surface area (Å²) in [6.07, 6.45) is 0.629. The van der Waals surface area contributed by atoms with Crippen LogP contribution in [0.25, 0.3) is 0 Å². The molecule has 0 spiro atoms. The smallest absolute Gasteiger partial charge is 0.164 e. The van der Waals surface area contributed by atoms with Crippen molar-refractivity contribution in [3.05, 3.63) is 34.9 Å². The zero-order valence-electron chi connectivity index (χ0n) is 11.3. The Labute approximate surface area is 109 Å². The molecule has 0 unspecified atom stereocenters. The van der Waals surface area contributed by atoms with Gasteiger partial charge in [-0.2, -0.15) is 0 Å². The molecule has 0 aromatic heterocycles. The van der Waals surface area contributed by atoms with Crippen molar-refractivity contribution in [2.24, 2.45) is 0 Å². The number of nitrogens with one attached hydrogen (secondary N) is 1. The van der Waals surface area contributed by atoms with Crippen molar-refractivity contribution in [1.82, 2.24) is 10.2 Å². The van der Waals surface area contributed by atoms with E-state index in [2.05, 4.69) is 16.3 Å². The van der Waals surface area contributed by atoms with E-state index in [4.69, 9.17) is 0 Å². The number of piperazine rings is 1. The van der Waals surface area contributed by atoms with Crippen LogP contribution < -0.4 is 5.32 Å². The molecule has 0 radical (unpaired) electrons. The van der Waals surface area contributed by atoms with E-state index in [-0.39, 0.29) is 5.78 Å². The fraction of sp³-hybridized carbons (Fsp3) is 0.533. The molecule has 0 aliphatic carbocycles. The van der Waals surface area contributed by atoms with E-state index in [0.717, 1.165) is 49.4 Å². The third-order valence-corrected chi connectivity index (χ3v) is 3.56. The van der Waals surface area contributed by atoms with Crippen LogP contribution in [0.5, 0.6) is 0 Å². The Morgan fingerprint density at radius 3 is 2.72 bits per heavy atom. The average Bonchev–Trinajstić information content (AvgIpc) is 2.40. The molecule has 1 N–H and O–H groups in total. The first-order valence-corrected chi connectivity index (χ1v) is 6.70. The molecule has 1 aromatic carbocycles. The molecule has 98 valence electrons. The molecule has 0 atom stereocenters. The van der Waals surface area contributed by atoms with Crippen molar-refractivity contribution in [1.29, 1.82) is 0 Å². The Hall–Kier alpha value is -1.19. The van der Waals surface area contributed by atoms with Crippen LogP contribution in [-0.4, -0.2) is 43.4 Å². The highest BCUT2D eigenvalue weighted by atomic mass is 16.1. The summed E-state index contributed by atoms with van der Waals surface area (Å²) in [5.41, 5.74) is 3.14. The molecule has 1 heterocycles. The lowest BCUT2D eigenvalue weighted by Crippen LogP contribution is -2.44. The molecule has 1 fully saturated rings. The molecule has 18 heavy (non-hydrogen) atoms. The van der Waals surface area contributed by atoms with Crippen LogP contribution in [-0.2, 0) is 0 Å². The fourth-order valence-electron chi connectivity index (χ4n) is 2.37. The number of aryl methyl sites for hydroxylation is 2. The summed E-state index contributed by atoms with van der Waals surface area (Å²) >= 11 is 0. The highest BCUT2D eigenvalue weighted by Gasteiger charge is 2.13. The standard InChI is InChI=1S/C15H22N2O/c1-12-3-4-13(2)14(11-12)15(18)5-8-17-9-6-16-7-10-17/h3-4,11,16H,5-10H2,1-2H3. The van der Waals surface area contributed by atoms with Gasteiger partial charge in [0.1, 0.15) is 0 Å². The maximum absolute atomic E-state index is 12.2. The van der Waals surface area contributed by atoms with Crippen LogP contribution in [0.1, 0.15) is 27.9 Å². The molecule has 0 saturated carbocycles. The lowest BCUT2D eigenvalue weighted by molar-refractivity contribution is 0.0960. The first-order chi connectivity index (χ1) is 8.66. The summed E-state index contributed by atoms with van der Waals surface area (Å²) in [6.45, 7) is 9.12. The van der Waals surface area contributed by atoms with Crippen molar-refractivity contribution < 1.29 is 4.79 Å². The van der Waals surface area contributed by atoms with Crippen molar-refractivity contribution in [2.75, 3.05) is 32.7 Å². The molecule has 1 aliphatic heterocycles. The molecule has 0 bridgehead atoms. The first-order valence-electron chi connectivity index (χ1n) is 6.70. The number of nitrogens with zero attached hydrogens (tertiary/aromatic N) is 1. The van der Waals surface area contributed by atoms with Crippen LogP contribution in [0.3, 0.4) is 0 Å². The second-order valence-corrected chi connectivity index (χ2v) is 5.08. The van der Waals surface area contributed by atoms with Gasteiger partial charge >= 0.3 is 0 Å². The number of hydrogen-bond donors (Lipinski definition) is 1. The van der Waals surface area contributed by atoms with Gasteiger partial charge in [-0.3, -0.25) is 4.79 Å². The summed E-state index contributed by atoms with van der Waals surface area (Å²) < 4.78 is 0. The fourth-order valence-corrected chi connectivity index (χ4v) is 2.37. The van der Waals surface area contributed by atoms with Crippen LogP contribution >= 0.6 is 0 Å². The minimum atomic E-state index is 0.273. The zero-order valence-corrected chi connectivity index (χ0v) is 11.3. The Morgan fingerprint density at radius 2 is 2.00 bits per heavy atom. The Morgan fingerprint density at radius 1 is 1.28 bits per heavy atom. The number of hydrogen-bond acceptors (Lipinski definition) is 3. The van der Waals surface area contributed by atoms with Gasteiger partial charge in [-0.1, -0.05) is 17.7 Å². The first kappa shape index (κ1) is 13.2. The number of carbonyl (C=O) groups is 1. The molecule has 1 aromatic rings. The van der Waals surface area contributed by atoms with Crippen LogP contribution in [0.2, 0.25) is 0 Å². The lowest BCUT2D eigenvalue weighted by atomic mass is 10.00. The monoisotopic (exact) mass is 246 g/mol. The topological polar surface area (TPSA) is 32.3 Å². The van der Waals surface area contributed by atoms with E-state index in [0.29, 0.717) is 6.42 Å². The summed E-state index contributed by atoms with van der Waals surface area (Å²) in [5.74, 6) is 0.273. The number of benzene rings is 1. The summed E-state index contributed by atoms with van der Waals surface area (Å²) in [7, 11) is 0. The van der Waals surface area contributed by atoms with Gasteiger partial charge in [0, 0.05) is 44.7 Å². The largest absolute Gasteiger partial charge is 0.314 e. The third kappa shape index (κ3) is 3.40. The second-order valence-electron chi connectivity index (χ2n) is 5.08. The summed E-state index contributed by atoms with van der Waals surface area (Å²) in [5, 5.41) is 3.32. The minimum absolute atomic E-state index is 0.273. The van der Waals surface area contributed by atoms with E-state index in [1.165, 1.54) is 0 Å². The molecular formula is C15H22N2O. The number of rotatable bonds is 4. The molecule has 3 heteroatoms. The number of ketones is 1. The van der Waals surface area contributed by atoms with Crippen molar-refractivity contribution >= 4 is 5.78 Å². The normalized spacial score (nSPS) is 16.8. The molecule has 2 rings (SSSR count). The predicted molar refractivity (Wildman–Crippen MR) is 74.2 cm³/mol. The van der Waals surface area contributed by atoms with E-state index < -0.39 is 0 Å². The van der Waals surface area contributed by atoms with Gasteiger partial charge in [0.05, 0.1) is 0 Å². The Bertz CT molecular complexity index is 423. The lowest BCUT2D eigenvalue weighted by Gasteiger charge is -2.26. The molecule has 0 amide bonds. The summed E-state index contributed by atoms with van der Waals surface area (Å²) in [6, 6.07) is 6.10. The quantitative estimate of drug-likeness (QED) is 0.822. The van der Waals surface area contributed by atoms with E-state index >= 15 is 0 Å². The SMILES string of the molecule is Cc1ccc(C)c(C(=O)CCN2CCNCC2)c1. The van der Waals surface area contributed by atoms with Gasteiger partial charge in [-0.25, -0.2) is 0 Å². The zero-order chi connectivity index (χ0) is 13.0. The Balaban J connectivity index is 1.92. The van der Waals surface area contributed by atoms with E-state index in [1.807, 2.05) is 26.0 Å². The van der Waals surface area contributed by atoms with Gasteiger partial charge in [-0.15, -0.1) is 0 Å². The van der Waals surface area contributed by atoms with Gasteiger partial charge < -0.3 is 10.2 Å². The highest BCUT2D eigenvalue weighted by molar-refractivity contribution is 5.97. The highest BCUT2D eigenvalue weighted by Crippen LogP contribution is 2.13. The Kier molecular flexibility index (Phi) is 4.50. The van der Waals surface area contributed by atoms with Crippen molar-refractivity contribution in [3.63, 3.8) is 0 Å². The van der Waals surface area contributed by atoms with E-state index in [9.17, 15) is 4.79 Å². The second kappa shape index (κ2) is 6.12. The van der Waals surface area contributed by atoms with Crippen LogP contribution in [0, 0.1) is 13.8 Å². The maximum atomic E-state index is 12.2. The molecule has 1 aliphatic rings. The van der Waals surface area contributed by atoms with Gasteiger partial charge in [0.15, 0.2) is 5.78 Å². The van der Waals surface area contributed by atoms with Gasteiger partial charge in [0.2, 0.25) is 0 Å². The average molecular weight is 246 g/mol. The minimum Gasteiger partial charge on any atom is -0.314 e. The predicted octanol–water partition coefficient (Wildman–Crippen LogP) is 1.78. The van der Waals surface area contributed by atoms with Crippen LogP contribution in [0.4, 0.5) is 0 Å². The van der Waals surface area contributed by atoms with Crippen molar-refractivity contribution in [3.8, 4) is 0 Å². The molecule has 3 nitrogen and oxygen atoms in total. The van der Waals surface area contributed by atoms with Gasteiger partial charge in [0.25, 0.3) is 0 Å². The number of carbonyl (C=O) groups excluding carboxylic acids is 1. The summed E-state index contributed by atoms with van der Waals surface area (Å²) in [4.78, 5) is 14.6. The van der Waals surface area contributed by atoms with Crippen LogP contribution in [0.15, 0.2) is 18.2 Å².